The second kappa shape index (κ2) is 5.95. The van der Waals surface area contributed by atoms with Crippen LogP contribution in [0.3, 0.4) is 0 Å². The van der Waals surface area contributed by atoms with Crippen molar-refractivity contribution in [3.63, 3.8) is 0 Å². The van der Waals surface area contributed by atoms with Crippen LogP contribution in [0.1, 0.15) is 43.6 Å². The van der Waals surface area contributed by atoms with Crippen molar-refractivity contribution in [1.82, 2.24) is 5.32 Å². The first-order chi connectivity index (χ1) is 10.2. The number of rotatable bonds is 5. The van der Waals surface area contributed by atoms with Gasteiger partial charge in [0.25, 0.3) is 0 Å². The highest BCUT2D eigenvalue weighted by Crippen LogP contribution is 2.59. The van der Waals surface area contributed by atoms with E-state index < -0.39 is 5.91 Å². The molecule has 118 valence electrons. The quantitative estimate of drug-likeness (QED) is 0.821. The van der Waals surface area contributed by atoms with Crippen molar-refractivity contribution in [3.05, 3.63) is 47.0 Å². The summed E-state index contributed by atoms with van der Waals surface area (Å²) in [5.41, 5.74) is 7.90. The molecule has 3 N–H and O–H groups in total. The van der Waals surface area contributed by atoms with Crippen molar-refractivity contribution in [1.29, 1.82) is 0 Å². The molecule has 1 aromatic rings. The number of carbonyl (C=O) groups excluding carboxylic acids is 2. The number of allylic oxidation sites excluding steroid dienone is 2. The fourth-order valence-corrected chi connectivity index (χ4v) is 2.93. The van der Waals surface area contributed by atoms with Crippen molar-refractivity contribution in [2.45, 2.75) is 34.2 Å². The average Bonchev–Trinajstić information content (AvgIpc) is 2.96. The number of primary amides is 1. The molecule has 4 nitrogen and oxygen atoms in total. The van der Waals surface area contributed by atoms with Gasteiger partial charge in [-0.15, -0.1) is 0 Å². The van der Waals surface area contributed by atoms with Gasteiger partial charge >= 0.3 is 0 Å². The van der Waals surface area contributed by atoms with Crippen molar-refractivity contribution >= 4 is 11.8 Å². The zero-order valence-electron chi connectivity index (χ0n) is 13.6. The van der Waals surface area contributed by atoms with Crippen molar-refractivity contribution < 1.29 is 9.59 Å². The van der Waals surface area contributed by atoms with Crippen LogP contribution in [0.5, 0.6) is 0 Å². The van der Waals surface area contributed by atoms with E-state index in [-0.39, 0.29) is 17.2 Å². The Morgan fingerprint density at radius 3 is 2.32 bits per heavy atom. The zero-order chi connectivity index (χ0) is 16.5. The molecule has 2 amide bonds. The van der Waals surface area contributed by atoms with Crippen LogP contribution >= 0.6 is 0 Å². The van der Waals surface area contributed by atoms with E-state index >= 15 is 0 Å². The third-order valence-electron chi connectivity index (χ3n) is 4.41. The maximum absolute atomic E-state index is 12.3. The molecule has 0 saturated heterocycles. The molecule has 0 aromatic heterocycles. The Labute approximate surface area is 131 Å². The van der Waals surface area contributed by atoms with E-state index in [1.54, 1.807) is 12.1 Å². The molecule has 4 heteroatoms. The van der Waals surface area contributed by atoms with E-state index in [2.05, 4.69) is 39.1 Å². The molecule has 1 fully saturated rings. The molecule has 1 saturated carbocycles. The maximum atomic E-state index is 12.3. The van der Waals surface area contributed by atoms with Gasteiger partial charge in [0, 0.05) is 12.1 Å². The topological polar surface area (TPSA) is 72.2 Å². The third-order valence-corrected chi connectivity index (χ3v) is 4.41. The predicted octanol–water partition coefficient (Wildman–Crippen LogP) is 2.64. The lowest BCUT2D eigenvalue weighted by molar-refractivity contribution is -0.123. The van der Waals surface area contributed by atoms with Crippen LogP contribution in [-0.2, 0) is 11.3 Å². The van der Waals surface area contributed by atoms with E-state index in [0.29, 0.717) is 18.0 Å². The second-order valence-corrected chi connectivity index (χ2v) is 6.85. The summed E-state index contributed by atoms with van der Waals surface area (Å²) in [6.45, 7) is 8.84. The van der Waals surface area contributed by atoms with Crippen LogP contribution in [0.25, 0.3) is 0 Å². The van der Waals surface area contributed by atoms with Crippen molar-refractivity contribution in [2.24, 2.45) is 23.0 Å². The fourth-order valence-electron chi connectivity index (χ4n) is 2.93. The van der Waals surface area contributed by atoms with Crippen molar-refractivity contribution in [2.75, 3.05) is 0 Å². The smallest absolute Gasteiger partial charge is 0.248 e. The minimum atomic E-state index is -0.445. The summed E-state index contributed by atoms with van der Waals surface area (Å²) in [6, 6.07) is 6.98. The Hall–Kier alpha value is -2.10. The molecule has 1 aromatic carbocycles. The molecule has 2 atom stereocenters. The van der Waals surface area contributed by atoms with Crippen LogP contribution in [0.15, 0.2) is 35.9 Å². The summed E-state index contributed by atoms with van der Waals surface area (Å²) in [4.78, 5) is 23.4. The Morgan fingerprint density at radius 1 is 1.23 bits per heavy atom. The molecule has 0 unspecified atom stereocenters. The van der Waals surface area contributed by atoms with Crippen LogP contribution in [-0.4, -0.2) is 11.8 Å². The monoisotopic (exact) mass is 300 g/mol. The molecule has 2 rings (SSSR count). The number of benzene rings is 1. The standard InChI is InChI=1S/C18H24N2O2/c1-11(2)9-14-15(18(14,3)4)17(22)20-10-12-5-7-13(8-6-12)16(19)21/h5-9,14-15H,10H2,1-4H3,(H2,19,21)(H,20,22)/t14-,15-/m0/s1. The fraction of sp³-hybridized carbons (Fsp3) is 0.444. The first-order valence-electron chi connectivity index (χ1n) is 7.55. The number of hydrogen-bond donors (Lipinski definition) is 2. The Morgan fingerprint density at radius 2 is 1.82 bits per heavy atom. The molecule has 0 aliphatic heterocycles. The molecule has 1 aliphatic carbocycles. The van der Waals surface area contributed by atoms with Gasteiger partial charge in [0.1, 0.15) is 0 Å². The summed E-state index contributed by atoms with van der Waals surface area (Å²) >= 11 is 0. The molecule has 22 heavy (non-hydrogen) atoms. The lowest BCUT2D eigenvalue weighted by Gasteiger charge is -2.07. The van der Waals surface area contributed by atoms with Gasteiger partial charge in [0.2, 0.25) is 11.8 Å². The molecular formula is C18H24N2O2. The third kappa shape index (κ3) is 3.38. The Bertz CT molecular complexity index is 610. The van der Waals surface area contributed by atoms with Gasteiger partial charge in [-0.2, -0.15) is 0 Å². The minimum absolute atomic E-state index is 0.0250. The number of amides is 2. The van der Waals surface area contributed by atoms with Crippen LogP contribution in [0.4, 0.5) is 0 Å². The molecule has 0 radical (unpaired) electrons. The summed E-state index contributed by atoms with van der Waals surface area (Å²) in [6.07, 6.45) is 2.19. The minimum Gasteiger partial charge on any atom is -0.366 e. The van der Waals surface area contributed by atoms with Gasteiger partial charge < -0.3 is 11.1 Å². The Balaban J connectivity index is 1.93. The van der Waals surface area contributed by atoms with Gasteiger partial charge in [0.15, 0.2) is 0 Å². The van der Waals surface area contributed by atoms with Crippen LogP contribution in [0.2, 0.25) is 0 Å². The summed E-state index contributed by atoms with van der Waals surface area (Å²) in [5, 5.41) is 2.98. The number of carbonyl (C=O) groups is 2. The lowest BCUT2D eigenvalue weighted by atomic mass is 10.1. The summed E-state index contributed by atoms with van der Waals surface area (Å²) in [5.74, 6) is -0.00612. The molecule has 0 heterocycles. The average molecular weight is 300 g/mol. The highest BCUT2D eigenvalue weighted by atomic mass is 16.2. The van der Waals surface area contributed by atoms with Crippen LogP contribution < -0.4 is 11.1 Å². The lowest BCUT2D eigenvalue weighted by Crippen LogP contribution is -2.26. The van der Waals surface area contributed by atoms with E-state index in [1.807, 2.05) is 12.1 Å². The van der Waals surface area contributed by atoms with Gasteiger partial charge in [-0.1, -0.05) is 37.6 Å². The largest absolute Gasteiger partial charge is 0.366 e. The molecule has 0 bridgehead atoms. The first-order valence-corrected chi connectivity index (χ1v) is 7.55. The van der Waals surface area contributed by atoms with Gasteiger partial charge in [0.05, 0.1) is 5.92 Å². The van der Waals surface area contributed by atoms with E-state index in [4.69, 9.17) is 5.73 Å². The predicted molar refractivity (Wildman–Crippen MR) is 87.0 cm³/mol. The zero-order valence-corrected chi connectivity index (χ0v) is 13.6. The second-order valence-electron chi connectivity index (χ2n) is 6.85. The van der Waals surface area contributed by atoms with Gasteiger partial charge in [-0.3, -0.25) is 9.59 Å². The SMILES string of the molecule is CC(C)=C[C@H]1[C@@H](C(=O)NCc2ccc(C(N)=O)cc2)C1(C)C. The molecule has 1 aliphatic rings. The summed E-state index contributed by atoms with van der Waals surface area (Å²) in [7, 11) is 0. The number of nitrogens with one attached hydrogen (secondary N) is 1. The highest BCUT2D eigenvalue weighted by Gasteiger charge is 2.60. The summed E-state index contributed by atoms with van der Waals surface area (Å²) < 4.78 is 0. The van der Waals surface area contributed by atoms with Gasteiger partial charge in [-0.25, -0.2) is 0 Å². The molecule has 0 spiro atoms. The van der Waals surface area contributed by atoms with E-state index in [9.17, 15) is 9.59 Å². The van der Waals surface area contributed by atoms with Crippen LogP contribution in [0, 0.1) is 17.3 Å². The van der Waals surface area contributed by atoms with Gasteiger partial charge in [-0.05, 0) is 42.9 Å². The first kappa shape index (κ1) is 16.3. The molecular weight excluding hydrogens is 276 g/mol. The maximum Gasteiger partial charge on any atom is 0.248 e. The highest BCUT2D eigenvalue weighted by molar-refractivity contribution is 5.92. The Kier molecular flexibility index (Phi) is 4.40. The normalized spacial score (nSPS) is 21.8. The van der Waals surface area contributed by atoms with E-state index in [1.165, 1.54) is 5.57 Å². The van der Waals surface area contributed by atoms with E-state index in [0.717, 1.165) is 5.56 Å². The number of hydrogen-bond acceptors (Lipinski definition) is 2. The van der Waals surface area contributed by atoms with Crippen molar-refractivity contribution in [3.8, 4) is 0 Å². The number of nitrogens with two attached hydrogens (primary N) is 1.